The summed E-state index contributed by atoms with van der Waals surface area (Å²) in [7, 11) is 0. The molecular weight excluding hydrogens is 154 g/mol. The van der Waals surface area contributed by atoms with Crippen LogP contribution in [-0.2, 0) is 4.57 Å². The molecule has 0 saturated carbocycles. The lowest BCUT2D eigenvalue weighted by Gasteiger charge is -1.82. The molecule has 0 aromatic rings. The van der Waals surface area contributed by atoms with Gasteiger partial charge in [0.1, 0.15) is 0 Å². The zero-order valence-corrected chi connectivity index (χ0v) is 5.80. The first-order chi connectivity index (χ1) is 3.06. The van der Waals surface area contributed by atoms with Gasteiger partial charge in [0.2, 0.25) is 0 Å². The van der Waals surface area contributed by atoms with E-state index in [1.54, 1.807) is 0 Å². The molecule has 0 amide bonds. The van der Waals surface area contributed by atoms with Gasteiger partial charge in [0.15, 0.2) is 0 Å². The van der Waals surface area contributed by atoms with Crippen LogP contribution in [0.4, 0.5) is 0 Å². The lowest BCUT2D eigenvalue weighted by molar-refractivity contribution is 0.597. The van der Waals surface area contributed by atoms with E-state index in [1.807, 2.05) is 0 Å². The summed E-state index contributed by atoms with van der Waals surface area (Å²) in [4.78, 5) is 0. The van der Waals surface area contributed by atoms with Gasteiger partial charge in [-0.15, -0.1) is 5.73 Å². The van der Waals surface area contributed by atoms with E-state index in [-0.39, 0.29) is 0 Å². The average Bonchev–Trinajstić information content (AvgIpc) is 1.30. The number of halogens is 2. The first-order valence-electron chi connectivity index (χ1n) is 1.42. The quantitative estimate of drug-likeness (QED) is 0.422. The molecule has 0 atom stereocenters. The summed E-state index contributed by atoms with van der Waals surface area (Å²) in [6, 6.07) is 0. The van der Waals surface area contributed by atoms with Crippen molar-refractivity contribution in [1.82, 2.24) is 0 Å². The topological polar surface area (TPSA) is 17.1 Å². The van der Waals surface area contributed by atoms with E-state index in [0.29, 0.717) is 0 Å². The number of hydrogen-bond acceptors (Lipinski definition) is 1. The van der Waals surface area contributed by atoms with Crippen LogP contribution in [0.25, 0.3) is 0 Å². The van der Waals surface area contributed by atoms with E-state index in [9.17, 15) is 4.57 Å². The summed E-state index contributed by atoms with van der Waals surface area (Å²) in [5.74, 6) is -1.98. The molecule has 0 spiro atoms. The highest BCUT2D eigenvalue weighted by atomic mass is 35.9. The minimum absolute atomic E-state index is 1.04. The molecule has 40 valence electrons. The van der Waals surface area contributed by atoms with E-state index in [1.165, 1.54) is 0 Å². The molecule has 0 unspecified atom stereocenters. The van der Waals surface area contributed by atoms with Crippen molar-refractivity contribution >= 4 is 28.3 Å². The smallest absolute Gasteiger partial charge is 0.282 e. The van der Waals surface area contributed by atoms with Crippen LogP contribution in [0.1, 0.15) is 0 Å². The van der Waals surface area contributed by atoms with Gasteiger partial charge in [-0.3, -0.25) is 4.57 Å². The third-order valence-electron chi connectivity index (χ3n) is 0.242. The molecule has 0 rings (SSSR count). The highest BCUT2D eigenvalue weighted by molar-refractivity contribution is 8.10. The molecule has 0 aromatic heterocycles. The standard InChI is InChI=1S/C3H3Cl2OP/c1-2-3-7(4,5)6/h3H,1H2. The van der Waals surface area contributed by atoms with E-state index < -0.39 is 5.85 Å². The van der Waals surface area contributed by atoms with Crippen molar-refractivity contribution in [2.24, 2.45) is 0 Å². The van der Waals surface area contributed by atoms with Crippen LogP contribution >= 0.6 is 28.3 Å². The molecule has 0 aliphatic carbocycles. The Morgan fingerprint density at radius 1 is 1.71 bits per heavy atom. The van der Waals surface area contributed by atoms with Crippen molar-refractivity contribution in [3.8, 4) is 0 Å². The molecular formula is C3H3Cl2OP. The summed E-state index contributed by atoms with van der Waals surface area (Å²) in [5.41, 5.74) is 2.21. The second-order valence-corrected chi connectivity index (χ2v) is 5.63. The van der Waals surface area contributed by atoms with Gasteiger partial charge in [0.25, 0.3) is 5.85 Å². The van der Waals surface area contributed by atoms with Crippen molar-refractivity contribution in [2.45, 2.75) is 0 Å². The molecule has 1 nitrogen and oxygen atoms in total. The normalized spacial score (nSPS) is 10.0. The summed E-state index contributed by atoms with van der Waals surface area (Å²) >= 11 is 9.99. The average molecular weight is 157 g/mol. The second-order valence-electron chi connectivity index (χ2n) is 0.836. The van der Waals surface area contributed by atoms with Crippen LogP contribution in [0.2, 0.25) is 0 Å². The molecule has 0 radical (unpaired) electrons. The van der Waals surface area contributed by atoms with Gasteiger partial charge < -0.3 is 0 Å². The minimum atomic E-state index is -3.02. The summed E-state index contributed by atoms with van der Waals surface area (Å²) in [6.45, 7) is 3.12. The monoisotopic (exact) mass is 156 g/mol. The Balaban J connectivity index is 4.10. The Kier molecular flexibility index (Phi) is 2.71. The Bertz CT molecular complexity index is 141. The van der Waals surface area contributed by atoms with Crippen LogP contribution in [-0.4, -0.2) is 0 Å². The molecule has 0 bridgehead atoms. The maximum Gasteiger partial charge on any atom is 0.282 e. The van der Waals surface area contributed by atoms with Gasteiger partial charge >= 0.3 is 0 Å². The van der Waals surface area contributed by atoms with Crippen LogP contribution < -0.4 is 0 Å². The van der Waals surface area contributed by atoms with E-state index in [2.05, 4.69) is 12.3 Å². The second kappa shape index (κ2) is 2.59. The summed E-state index contributed by atoms with van der Waals surface area (Å²) < 4.78 is 10.2. The lowest BCUT2D eigenvalue weighted by atomic mass is 11.0. The largest absolute Gasteiger partial charge is 0.284 e. The van der Waals surface area contributed by atoms with E-state index in [0.717, 1.165) is 5.82 Å². The Morgan fingerprint density at radius 2 is 2.14 bits per heavy atom. The molecule has 0 saturated heterocycles. The maximum atomic E-state index is 10.2. The van der Waals surface area contributed by atoms with Gasteiger partial charge in [-0.1, -0.05) is 6.58 Å². The molecule has 0 fully saturated rings. The van der Waals surface area contributed by atoms with Gasteiger partial charge in [0, 0.05) is 5.82 Å². The predicted molar refractivity (Wildman–Crippen MR) is 33.0 cm³/mol. The highest BCUT2D eigenvalue weighted by Gasteiger charge is 2.04. The zero-order chi connectivity index (χ0) is 5.91. The minimum Gasteiger partial charge on any atom is -0.284 e. The van der Waals surface area contributed by atoms with Crippen molar-refractivity contribution in [3.63, 3.8) is 0 Å². The SMILES string of the molecule is C=C=CP(=O)(Cl)Cl. The fourth-order valence-electron chi connectivity index (χ4n) is 0.106. The first-order valence-corrected chi connectivity index (χ1v) is 5.01. The fraction of sp³-hybridized carbons (Fsp3) is 0. The molecule has 4 heteroatoms. The predicted octanol–water partition coefficient (Wildman–Crippen LogP) is 2.96. The van der Waals surface area contributed by atoms with Gasteiger partial charge in [-0.05, 0) is 22.5 Å². The van der Waals surface area contributed by atoms with Crippen LogP contribution in [0.3, 0.4) is 0 Å². The zero-order valence-electron chi connectivity index (χ0n) is 3.40. The van der Waals surface area contributed by atoms with Crippen molar-refractivity contribution in [3.05, 3.63) is 18.1 Å². The fourth-order valence-corrected chi connectivity index (χ4v) is 0.733. The van der Waals surface area contributed by atoms with E-state index in [4.69, 9.17) is 22.5 Å². The van der Waals surface area contributed by atoms with Crippen LogP contribution in [0, 0.1) is 0 Å². The molecule has 7 heavy (non-hydrogen) atoms. The molecule has 0 aliphatic rings. The van der Waals surface area contributed by atoms with Crippen LogP contribution in [0.5, 0.6) is 0 Å². The highest BCUT2D eigenvalue weighted by Crippen LogP contribution is 2.57. The third-order valence-corrected chi connectivity index (χ3v) is 1.31. The van der Waals surface area contributed by atoms with Gasteiger partial charge in [0.05, 0.1) is 0 Å². The molecule has 0 aliphatic heterocycles. The summed E-state index contributed by atoms with van der Waals surface area (Å²) in [6.07, 6.45) is 0. The Labute approximate surface area is 51.6 Å². The first kappa shape index (κ1) is 7.33. The van der Waals surface area contributed by atoms with Gasteiger partial charge in [-0.25, -0.2) is 0 Å². The number of hydrogen-bond donors (Lipinski definition) is 0. The Hall–Kier alpha value is 0.330. The van der Waals surface area contributed by atoms with Crippen molar-refractivity contribution in [2.75, 3.05) is 0 Å². The van der Waals surface area contributed by atoms with Gasteiger partial charge in [-0.2, -0.15) is 0 Å². The summed E-state index contributed by atoms with van der Waals surface area (Å²) in [5, 5.41) is 0. The third kappa shape index (κ3) is 6.33. The molecule has 0 heterocycles. The van der Waals surface area contributed by atoms with Crippen LogP contribution in [0.15, 0.2) is 18.1 Å². The Morgan fingerprint density at radius 3 is 2.14 bits per heavy atom. The van der Waals surface area contributed by atoms with E-state index >= 15 is 0 Å². The molecule has 0 aromatic carbocycles. The van der Waals surface area contributed by atoms with Crippen molar-refractivity contribution in [1.29, 1.82) is 0 Å². The lowest BCUT2D eigenvalue weighted by Crippen LogP contribution is -1.38. The van der Waals surface area contributed by atoms with Crippen molar-refractivity contribution < 1.29 is 4.57 Å². The number of rotatable bonds is 1. The maximum absolute atomic E-state index is 10.2. The molecule has 0 N–H and O–H groups in total.